The van der Waals surface area contributed by atoms with Gasteiger partial charge >= 0.3 is 0 Å². The summed E-state index contributed by atoms with van der Waals surface area (Å²) in [6.45, 7) is 0. The Morgan fingerprint density at radius 1 is 1.21 bits per heavy atom. The highest BCUT2D eigenvalue weighted by molar-refractivity contribution is 5.42. The van der Waals surface area contributed by atoms with E-state index in [0.29, 0.717) is 0 Å². The Kier molecular flexibility index (Phi) is 4.47. The highest BCUT2D eigenvalue weighted by Crippen LogP contribution is 2.31. The number of benzene rings is 1. The summed E-state index contributed by atoms with van der Waals surface area (Å²) in [6.07, 6.45) is 2.44. The van der Waals surface area contributed by atoms with Crippen LogP contribution in [0.2, 0.25) is 0 Å². The number of nitrogens with one attached hydrogen (secondary N) is 1. The van der Waals surface area contributed by atoms with Crippen LogP contribution in [0.1, 0.15) is 17.4 Å². The molecule has 4 nitrogen and oxygen atoms in total. The molecule has 2 aromatic rings. The van der Waals surface area contributed by atoms with Crippen molar-refractivity contribution in [3.05, 3.63) is 47.9 Å². The minimum absolute atomic E-state index is 0.108. The number of furan rings is 1. The van der Waals surface area contributed by atoms with Gasteiger partial charge in [0.25, 0.3) is 0 Å². The summed E-state index contributed by atoms with van der Waals surface area (Å²) in [5, 5.41) is 3.29. The van der Waals surface area contributed by atoms with Gasteiger partial charge in [0, 0.05) is 18.0 Å². The van der Waals surface area contributed by atoms with Crippen LogP contribution < -0.4 is 14.8 Å². The standard InChI is InChI=1S/C15H19NO3/c1-16-14(10-12-5-4-8-19-12)13-9-11(17-2)6-7-15(13)18-3/h4-9,14,16H,10H2,1-3H3. The largest absolute Gasteiger partial charge is 0.497 e. The zero-order valence-electron chi connectivity index (χ0n) is 11.5. The van der Waals surface area contributed by atoms with E-state index < -0.39 is 0 Å². The molecule has 19 heavy (non-hydrogen) atoms. The molecule has 0 spiro atoms. The Bertz CT molecular complexity index is 508. The van der Waals surface area contributed by atoms with E-state index in [4.69, 9.17) is 13.9 Å². The van der Waals surface area contributed by atoms with Gasteiger partial charge in [0.15, 0.2) is 0 Å². The average molecular weight is 261 g/mol. The maximum atomic E-state index is 5.42. The molecule has 0 saturated carbocycles. The number of ether oxygens (including phenoxy) is 2. The summed E-state index contributed by atoms with van der Waals surface area (Å²) in [4.78, 5) is 0. The van der Waals surface area contributed by atoms with Crippen molar-refractivity contribution in [2.75, 3.05) is 21.3 Å². The molecule has 0 radical (unpaired) electrons. The fourth-order valence-electron chi connectivity index (χ4n) is 2.11. The Balaban J connectivity index is 2.30. The summed E-state index contributed by atoms with van der Waals surface area (Å²) in [5.41, 5.74) is 1.06. The molecule has 1 N–H and O–H groups in total. The first-order chi connectivity index (χ1) is 9.28. The molecule has 2 rings (SSSR count). The minimum atomic E-state index is 0.108. The van der Waals surface area contributed by atoms with Gasteiger partial charge in [-0.15, -0.1) is 0 Å². The van der Waals surface area contributed by atoms with Crippen LogP contribution in [-0.4, -0.2) is 21.3 Å². The molecular weight excluding hydrogens is 242 g/mol. The van der Waals surface area contributed by atoms with Crippen LogP contribution in [0.4, 0.5) is 0 Å². The van der Waals surface area contributed by atoms with Crippen LogP contribution in [0, 0.1) is 0 Å². The highest BCUT2D eigenvalue weighted by Gasteiger charge is 2.17. The average Bonchev–Trinajstić information content (AvgIpc) is 2.97. The van der Waals surface area contributed by atoms with Crippen molar-refractivity contribution >= 4 is 0 Å². The van der Waals surface area contributed by atoms with Crippen molar-refractivity contribution in [1.82, 2.24) is 5.32 Å². The lowest BCUT2D eigenvalue weighted by molar-refractivity contribution is 0.387. The third kappa shape index (κ3) is 3.09. The molecule has 1 unspecified atom stereocenters. The molecule has 0 aliphatic rings. The van der Waals surface area contributed by atoms with Crippen LogP contribution in [0.15, 0.2) is 41.0 Å². The van der Waals surface area contributed by atoms with Crippen molar-refractivity contribution in [3.8, 4) is 11.5 Å². The summed E-state index contributed by atoms with van der Waals surface area (Å²) in [7, 11) is 5.25. The van der Waals surface area contributed by atoms with E-state index in [-0.39, 0.29) is 6.04 Å². The zero-order chi connectivity index (χ0) is 13.7. The summed E-state index contributed by atoms with van der Waals surface area (Å²) >= 11 is 0. The Morgan fingerprint density at radius 2 is 2.05 bits per heavy atom. The van der Waals surface area contributed by atoms with E-state index in [1.54, 1.807) is 20.5 Å². The Labute approximate surface area is 113 Å². The predicted octanol–water partition coefficient (Wildman–Crippen LogP) is 2.80. The molecular formula is C15H19NO3. The number of hydrogen-bond donors (Lipinski definition) is 1. The van der Waals surface area contributed by atoms with E-state index in [1.165, 1.54) is 0 Å². The molecule has 102 valence electrons. The monoisotopic (exact) mass is 261 g/mol. The highest BCUT2D eigenvalue weighted by atomic mass is 16.5. The second-order valence-electron chi connectivity index (χ2n) is 4.23. The first kappa shape index (κ1) is 13.5. The first-order valence-electron chi connectivity index (χ1n) is 6.20. The Morgan fingerprint density at radius 3 is 2.63 bits per heavy atom. The van der Waals surface area contributed by atoms with Crippen LogP contribution in [0.25, 0.3) is 0 Å². The molecule has 1 heterocycles. The first-order valence-corrected chi connectivity index (χ1v) is 6.20. The summed E-state index contributed by atoms with van der Waals surface area (Å²) < 4.78 is 16.1. The van der Waals surface area contributed by atoms with Crippen LogP contribution in [-0.2, 0) is 6.42 Å². The number of likely N-dealkylation sites (N-methyl/N-ethyl adjacent to an activating group) is 1. The Hall–Kier alpha value is -1.94. The second-order valence-corrected chi connectivity index (χ2v) is 4.23. The van der Waals surface area contributed by atoms with Gasteiger partial charge in [0.1, 0.15) is 17.3 Å². The van der Waals surface area contributed by atoms with Crippen molar-refractivity contribution in [2.45, 2.75) is 12.5 Å². The predicted molar refractivity (Wildman–Crippen MR) is 73.8 cm³/mol. The second kappa shape index (κ2) is 6.29. The van der Waals surface area contributed by atoms with Gasteiger partial charge in [0.2, 0.25) is 0 Å². The molecule has 0 aliphatic carbocycles. The van der Waals surface area contributed by atoms with E-state index >= 15 is 0 Å². The third-order valence-electron chi connectivity index (χ3n) is 3.15. The normalized spacial score (nSPS) is 12.2. The minimum Gasteiger partial charge on any atom is -0.497 e. The van der Waals surface area contributed by atoms with Gasteiger partial charge in [-0.25, -0.2) is 0 Å². The van der Waals surface area contributed by atoms with Gasteiger partial charge in [-0.1, -0.05) is 0 Å². The van der Waals surface area contributed by atoms with Crippen LogP contribution in [0.3, 0.4) is 0 Å². The maximum absolute atomic E-state index is 5.42. The molecule has 0 fully saturated rings. The summed E-state index contributed by atoms with van der Waals surface area (Å²) in [6, 6.07) is 9.77. The third-order valence-corrected chi connectivity index (χ3v) is 3.15. The van der Waals surface area contributed by atoms with Crippen molar-refractivity contribution in [1.29, 1.82) is 0 Å². The number of methoxy groups -OCH3 is 2. The molecule has 1 atom stereocenters. The maximum Gasteiger partial charge on any atom is 0.123 e. The molecule has 0 aliphatic heterocycles. The smallest absolute Gasteiger partial charge is 0.123 e. The molecule has 1 aromatic carbocycles. The van der Waals surface area contributed by atoms with Crippen LogP contribution in [0.5, 0.6) is 11.5 Å². The molecule has 0 amide bonds. The fourth-order valence-corrected chi connectivity index (χ4v) is 2.11. The van der Waals surface area contributed by atoms with E-state index in [0.717, 1.165) is 29.2 Å². The molecule has 1 aromatic heterocycles. The molecule has 4 heteroatoms. The number of hydrogen-bond acceptors (Lipinski definition) is 4. The lowest BCUT2D eigenvalue weighted by Crippen LogP contribution is -2.19. The van der Waals surface area contributed by atoms with E-state index in [2.05, 4.69) is 5.32 Å². The zero-order valence-corrected chi connectivity index (χ0v) is 11.5. The van der Waals surface area contributed by atoms with Gasteiger partial charge in [-0.3, -0.25) is 0 Å². The topological polar surface area (TPSA) is 43.6 Å². The van der Waals surface area contributed by atoms with Crippen molar-refractivity contribution < 1.29 is 13.9 Å². The van der Waals surface area contributed by atoms with Crippen molar-refractivity contribution in [3.63, 3.8) is 0 Å². The van der Waals surface area contributed by atoms with E-state index in [9.17, 15) is 0 Å². The number of rotatable bonds is 6. The molecule has 0 saturated heterocycles. The molecule has 0 bridgehead atoms. The summed E-state index contributed by atoms with van der Waals surface area (Å²) in [5.74, 6) is 2.59. The quantitative estimate of drug-likeness (QED) is 0.868. The van der Waals surface area contributed by atoms with Gasteiger partial charge in [-0.2, -0.15) is 0 Å². The van der Waals surface area contributed by atoms with Gasteiger partial charge < -0.3 is 19.2 Å². The van der Waals surface area contributed by atoms with Crippen LogP contribution >= 0.6 is 0 Å². The lowest BCUT2D eigenvalue weighted by Gasteiger charge is -2.19. The fraction of sp³-hybridized carbons (Fsp3) is 0.333. The SMILES string of the molecule is CNC(Cc1ccco1)c1cc(OC)ccc1OC. The lowest BCUT2D eigenvalue weighted by atomic mass is 10.0. The van der Waals surface area contributed by atoms with Gasteiger partial charge in [-0.05, 0) is 37.4 Å². The van der Waals surface area contributed by atoms with Crippen molar-refractivity contribution in [2.24, 2.45) is 0 Å². The van der Waals surface area contributed by atoms with E-state index in [1.807, 2.05) is 37.4 Å². The van der Waals surface area contributed by atoms with Gasteiger partial charge in [0.05, 0.1) is 20.5 Å².